The highest BCUT2D eigenvalue weighted by Gasteiger charge is 2.24. The average Bonchev–Trinajstić information content (AvgIpc) is 2.98. The molecule has 0 radical (unpaired) electrons. The number of nitro groups is 1. The summed E-state index contributed by atoms with van der Waals surface area (Å²) in [5.74, 6) is -0.911. The minimum atomic E-state index is -1.11. The van der Waals surface area contributed by atoms with E-state index in [2.05, 4.69) is 5.32 Å². The number of ether oxygens (including phenoxy) is 2. The maximum Gasteiger partial charge on any atom is 0.349 e. The lowest BCUT2D eigenvalue weighted by Gasteiger charge is -2.13. The number of carbonyl (C=O) groups is 2. The molecule has 1 aliphatic carbocycles. The van der Waals surface area contributed by atoms with E-state index in [-0.39, 0.29) is 11.4 Å². The van der Waals surface area contributed by atoms with Gasteiger partial charge in [0, 0.05) is 4.88 Å². The minimum absolute atomic E-state index is 0.00605. The molecule has 1 aliphatic rings. The van der Waals surface area contributed by atoms with Crippen LogP contribution in [0.5, 0.6) is 5.75 Å². The lowest BCUT2D eigenvalue weighted by atomic mass is 10.1. The van der Waals surface area contributed by atoms with E-state index in [4.69, 9.17) is 9.47 Å². The molecule has 29 heavy (non-hydrogen) atoms. The van der Waals surface area contributed by atoms with Gasteiger partial charge in [-0.25, -0.2) is 4.79 Å². The molecule has 0 saturated carbocycles. The predicted molar refractivity (Wildman–Crippen MR) is 109 cm³/mol. The van der Waals surface area contributed by atoms with E-state index in [0.717, 1.165) is 25.7 Å². The zero-order chi connectivity index (χ0) is 21.0. The largest absolute Gasteiger partial charge is 0.496 e. The van der Waals surface area contributed by atoms with Crippen molar-refractivity contribution in [2.75, 3.05) is 12.4 Å². The van der Waals surface area contributed by atoms with Crippen LogP contribution in [0.4, 0.5) is 11.4 Å². The topological polar surface area (TPSA) is 108 Å². The molecule has 1 atom stereocenters. The maximum atomic E-state index is 12.5. The molecule has 0 bridgehead atoms. The summed E-state index contributed by atoms with van der Waals surface area (Å²) in [6.07, 6.45) is 4.22. The van der Waals surface area contributed by atoms with Gasteiger partial charge in [0.05, 0.1) is 18.1 Å². The first kappa shape index (κ1) is 20.8. The normalized spacial score (nSPS) is 14.3. The number of nitrogens with zero attached hydrogens (tertiary/aromatic N) is 1. The third kappa shape index (κ3) is 4.92. The fourth-order valence-corrected chi connectivity index (χ4v) is 4.31. The molecular formula is C20H22N2O6S. The van der Waals surface area contributed by atoms with Crippen LogP contribution < -0.4 is 10.1 Å². The molecule has 1 aromatic heterocycles. The van der Waals surface area contributed by atoms with E-state index in [1.807, 2.05) is 6.07 Å². The average molecular weight is 418 g/mol. The number of aryl methyl sites for hydroxylation is 2. The summed E-state index contributed by atoms with van der Waals surface area (Å²) >= 11 is 1.42. The van der Waals surface area contributed by atoms with Crippen LogP contribution >= 0.6 is 11.3 Å². The number of nitrogens with one attached hydrogen (secondary N) is 1. The molecule has 0 saturated heterocycles. The Labute approximate surface area is 172 Å². The highest BCUT2D eigenvalue weighted by molar-refractivity contribution is 7.14. The fraction of sp³-hybridized carbons (Fsp3) is 0.400. The van der Waals surface area contributed by atoms with E-state index >= 15 is 0 Å². The van der Waals surface area contributed by atoms with Gasteiger partial charge in [-0.2, -0.15) is 0 Å². The Morgan fingerprint density at radius 1 is 1.21 bits per heavy atom. The smallest absolute Gasteiger partial charge is 0.349 e. The molecule has 0 unspecified atom stereocenters. The van der Waals surface area contributed by atoms with Crippen molar-refractivity contribution < 1.29 is 24.0 Å². The molecule has 8 nitrogen and oxygen atoms in total. The van der Waals surface area contributed by atoms with Crippen molar-refractivity contribution in [3.8, 4) is 5.75 Å². The van der Waals surface area contributed by atoms with E-state index in [1.54, 1.807) is 0 Å². The molecule has 1 amide bonds. The number of hydrogen-bond donors (Lipinski definition) is 1. The Balaban J connectivity index is 1.66. The fourth-order valence-electron chi connectivity index (χ4n) is 3.17. The Bertz CT molecular complexity index is 916. The summed E-state index contributed by atoms with van der Waals surface area (Å²) in [4.78, 5) is 37.2. The molecule has 1 N–H and O–H groups in total. The molecule has 9 heteroatoms. The van der Waals surface area contributed by atoms with Gasteiger partial charge in [0.1, 0.15) is 16.3 Å². The number of benzene rings is 1. The first-order chi connectivity index (χ1) is 13.9. The van der Waals surface area contributed by atoms with Crippen LogP contribution in [-0.4, -0.2) is 30.0 Å². The molecule has 0 aliphatic heterocycles. The summed E-state index contributed by atoms with van der Waals surface area (Å²) in [6.45, 7) is 1.43. The van der Waals surface area contributed by atoms with Crippen molar-refractivity contribution in [1.29, 1.82) is 0 Å². The molecule has 0 spiro atoms. The van der Waals surface area contributed by atoms with Crippen molar-refractivity contribution in [2.24, 2.45) is 0 Å². The Kier molecular flexibility index (Phi) is 6.48. The molecular weight excluding hydrogens is 396 g/mol. The number of nitro benzene ring substituents is 1. The van der Waals surface area contributed by atoms with Crippen LogP contribution in [0.2, 0.25) is 0 Å². The van der Waals surface area contributed by atoms with Crippen molar-refractivity contribution in [3.05, 3.63) is 49.7 Å². The number of esters is 1. The van der Waals surface area contributed by atoms with Crippen molar-refractivity contribution in [1.82, 2.24) is 0 Å². The van der Waals surface area contributed by atoms with E-state index < -0.39 is 22.9 Å². The molecule has 1 heterocycles. The van der Waals surface area contributed by atoms with Gasteiger partial charge in [-0.1, -0.05) is 6.42 Å². The van der Waals surface area contributed by atoms with Gasteiger partial charge in [-0.15, -0.1) is 11.3 Å². The number of amides is 1. The van der Waals surface area contributed by atoms with Gasteiger partial charge in [-0.3, -0.25) is 14.9 Å². The Morgan fingerprint density at radius 2 is 1.97 bits per heavy atom. The molecule has 1 aromatic carbocycles. The first-order valence-electron chi connectivity index (χ1n) is 9.35. The number of hydrogen-bond acceptors (Lipinski definition) is 7. The maximum absolute atomic E-state index is 12.5. The third-order valence-corrected chi connectivity index (χ3v) is 5.98. The first-order valence-corrected chi connectivity index (χ1v) is 10.2. The van der Waals surface area contributed by atoms with Crippen LogP contribution in [0.25, 0.3) is 0 Å². The number of carbonyl (C=O) groups excluding carboxylic acids is 2. The predicted octanol–water partition coefficient (Wildman–Crippen LogP) is 4.12. The SMILES string of the molecule is COc1ccc(NC(=O)[C@H](C)OC(=O)c2cc3c(s2)CCCCC3)c([N+](=O)[O-])c1. The monoisotopic (exact) mass is 418 g/mol. The van der Waals surface area contributed by atoms with Crippen LogP contribution in [0.3, 0.4) is 0 Å². The summed E-state index contributed by atoms with van der Waals surface area (Å²) in [7, 11) is 1.39. The molecule has 0 fully saturated rings. The number of fused-ring (bicyclic) bond motifs is 1. The molecule has 2 aromatic rings. The molecule has 3 rings (SSSR count). The minimum Gasteiger partial charge on any atom is -0.496 e. The number of methoxy groups -OCH3 is 1. The second-order valence-electron chi connectivity index (χ2n) is 6.80. The summed E-state index contributed by atoms with van der Waals surface area (Å²) in [5, 5.41) is 13.7. The summed E-state index contributed by atoms with van der Waals surface area (Å²) in [6, 6.07) is 5.94. The van der Waals surface area contributed by atoms with Crippen LogP contribution in [0, 0.1) is 10.1 Å². The standard InChI is InChI=1S/C20H22N2O6S/c1-12(19(23)21-15-9-8-14(27-2)11-16(15)22(25)26)28-20(24)18-10-13-6-4-3-5-7-17(13)29-18/h8-12H,3-7H2,1-2H3,(H,21,23)/t12-/m0/s1. The van der Waals surface area contributed by atoms with Crippen molar-refractivity contribution in [2.45, 2.75) is 45.1 Å². The third-order valence-electron chi connectivity index (χ3n) is 4.76. The van der Waals surface area contributed by atoms with Crippen LogP contribution in [-0.2, 0) is 22.4 Å². The number of rotatable bonds is 6. The second kappa shape index (κ2) is 9.04. The summed E-state index contributed by atoms with van der Waals surface area (Å²) < 4.78 is 10.3. The van der Waals surface area contributed by atoms with Gasteiger partial charge in [-0.05, 0) is 56.4 Å². The van der Waals surface area contributed by atoms with E-state index in [0.29, 0.717) is 10.6 Å². The van der Waals surface area contributed by atoms with Gasteiger partial charge in [0.25, 0.3) is 11.6 Å². The van der Waals surface area contributed by atoms with Crippen LogP contribution in [0.15, 0.2) is 24.3 Å². The number of anilines is 1. The highest BCUT2D eigenvalue weighted by atomic mass is 32.1. The second-order valence-corrected chi connectivity index (χ2v) is 7.93. The van der Waals surface area contributed by atoms with Crippen LogP contribution in [0.1, 0.15) is 46.3 Å². The van der Waals surface area contributed by atoms with Crippen molar-refractivity contribution >= 4 is 34.6 Å². The van der Waals surface area contributed by atoms with E-state index in [1.165, 1.54) is 60.4 Å². The number of thiophene rings is 1. The highest BCUT2D eigenvalue weighted by Crippen LogP contribution is 2.31. The lowest BCUT2D eigenvalue weighted by Crippen LogP contribution is -2.30. The van der Waals surface area contributed by atoms with Gasteiger partial charge >= 0.3 is 5.97 Å². The van der Waals surface area contributed by atoms with Gasteiger partial charge < -0.3 is 14.8 Å². The quantitative estimate of drug-likeness (QED) is 0.327. The Hall–Kier alpha value is -2.94. The van der Waals surface area contributed by atoms with Gasteiger partial charge in [0.2, 0.25) is 0 Å². The summed E-state index contributed by atoms with van der Waals surface area (Å²) in [5.41, 5.74) is 0.884. The molecule has 154 valence electrons. The van der Waals surface area contributed by atoms with Gasteiger partial charge in [0.15, 0.2) is 6.10 Å². The zero-order valence-corrected chi connectivity index (χ0v) is 17.0. The van der Waals surface area contributed by atoms with E-state index in [9.17, 15) is 19.7 Å². The van der Waals surface area contributed by atoms with Crippen molar-refractivity contribution in [3.63, 3.8) is 0 Å². The lowest BCUT2D eigenvalue weighted by molar-refractivity contribution is -0.384. The Morgan fingerprint density at radius 3 is 2.69 bits per heavy atom. The zero-order valence-electron chi connectivity index (χ0n) is 16.2.